The second-order valence-electron chi connectivity index (χ2n) is 5.09. The molecule has 1 aliphatic heterocycles. The van der Waals surface area contributed by atoms with Crippen LogP contribution < -0.4 is 10.1 Å². The minimum atomic E-state index is -0.0433. The molecule has 1 atom stereocenters. The number of rotatable bonds is 5. The van der Waals surface area contributed by atoms with E-state index >= 15 is 0 Å². The van der Waals surface area contributed by atoms with Gasteiger partial charge in [0, 0.05) is 37.8 Å². The topological polar surface area (TPSA) is 50.8 Å². The summed E-state index contributed by atoms with van der Waals surface area (Å²) in [7, 11) is 1.61. The van der Waals surface area contributed by atoms with E-state index in [-0.39, 0.29) is 5.91 Å². The zero-order chi connectivity index (χ0) is 15.2. The average molecular weight is 313 g/mol. The average Bonchev–Trinajstić information content (AvgIpc) is 2.48. The van der Waals surface area contributed by atoms with Crippen molar-refractivity contribution in [3.05, 3.63) is 28.8 Å². The first kappa shape index (κ1) is 16.1. The summed E-state index contributed by atoms with van der Waals surface area (Å²) >= 11 is 6.03. The summed E-state index contributed by atoms with van der Waals surface area (Å²) in [6, 6.07) is 5.41. The molecule has 1 amide bonds. The summed E-state index contributed by atoms with van der Waals surface area (Å²) in [5.74, 6) is 0.505. The van der Waals surface area contributed by atoms with Gasteiger partial charge in [0.1, 0.15) is 12.4 Å². The van der Waals surface area contributed by atoms with Crippen LogP contribution in [0.25, 0.3) is 0 Å². The van der Waals surface area contributed by atoms with E-state index in [4.69, 9.17) is 21.1 Å². The van der Waals surface area contributed by atoms with Gasteiger partial charge in [0.15, 0.2) is 0 Å². The quantitative estimate of drug-likeness (QED) is 0.842. The van der Waals surface area contributed by atoms with Crippen molar-refractivity contribution in [3.8, 4) is 5.75 Å². The van der Waals surface area contributed by atoms with Crippen LogP contribution in [0.2, 0.25) is 5.02 Å². The van der Waals surface area contributed by atoms with Crippen LogP contribution in [0.1, 0.15) is 17.3 Å². The lowest BCUT2D eigenvalue weighted by molar-refractivity contribution is 0.0702. The molecule has 0 saturated carbocycles. The highest BCUT2D eigenvalue weighted by Gasteiger charge is 2.24. The number of methoxy groups -OCH3 is 1. The van der Waals surface area contributed by atoms with E-state index in [0.717, 1.165) is 6.54 Å². The number of ether oxygens (including phenoxy) is 2. The van der Waals surface area contributed by atoms with Crippen molar-refractivity contribution in [1.82, 2.24) is 10.2 Å². The molecule has 1 aromatic rings. The highest BCUT2D eigenvalue weighted by molar-refractivity contribution is 6.31. The van der Waals surface area contributed by atoms with Gasteiger partial charge >= 0.3 is 0 Å². The Balaban J connectivity index is 2.15. The molecule has 0 spiro atoms. The smallest absolute Gasteiger partial charge is 0.257 e. The lowest BCUT2D eigenvalue weighted by Gasteiger charge is -2.32. The standard InChI is InChI=1S/C15H21ClN2O3/c1-11-10-18(6-5-17-11)15(19)13-9-12(16)3-4-14(13)21-8-7-20-2/h3-4,9,11,17H,5-8,10H2,1-2H3/t11-/m1/s1. The molecule has 1 heterocycles. The van der Waals surface area contributed by atoms with Gasteiger partial charge in [-0.3, -0.25) is 4.79 Å². The monoisotopic (exact) mass is 312 g/mol. The van der Waals surface area contributed by atoms with Gasteiger partial charge in [0.05, 0.1) is 12.2 Å². The van der Waals surface area contributed by atoms with Crippen LogP contribution in [0, 0.1) is 0 Å². The maximum Gasteiger partial charge on any atom is 0.257 e. The van der Waals surface area contributed by atoms with Crippen LogP contribution in [0.15, 0.2) is 18.2 Å². The SMILES string of the molecule is COCCOc1ccc(Cl)cc1C(=O)N1CCN[C@H](C)C1. The molecule has 21 heavy (non-hydrogen) atoms. The zero-order valence-corrected chi connectivity index (χ0v) is 13.2. The van der Waals surface area contributed by atoms with Crippen LogP contribution in [0.4, 0.5) is 0 Å². The Morgan fingerprint density at radius 1 is 1.48 bits per heavy atom. The molecular weight excluding hydrogens is 292 g/mol. The van der Waals surface area contributed by atoms with Crippen LogP contribution in [0.5, 0.6) is 5.75 Å². The van der Waals surface area contributed by atoms with E-state index in [2.05, 4.69) is 12.2 Å². The molecule has 1 saturated heterocycles. The zero-order valence-electron chi connectivity index (χ0n) is 12.4. The van der Waals surface area contributed by atoms with Crippen molar-refractivity contribution >= 4 is 17.5 Å². The number of hydrogen-bond donors (Lipinski definition) is 1. The molecule has 1 fully saturated rings. The number of carbonyl (C=O) groups excluding carboxylic acids is 1. The molecule has 0 bridgehead atoms. The van der Waals surface area contributed by atoms with Gasteiger partial charge in [-0.2, -0.15) is 0 Å². The molecule has 6 heteroatoms. The minimum Gasteiger partial charge on any atom is -0.490 e. The Labute approximate surface area is 130 Å². The van der Waals surface area contributed by atoms with E-state index in [1.807, 2.05) is 4.90 Å². The number of piperazine rings is 1. The van der Waals surface area contributed by atoms with Crippen molar-refractivity contribution in [2.45, 2.75) is 13.0 Å². The summed E-state index contributed by atoms with van der Waals surface area (Å²) in [6.07, 6.45) is 0. The molecule has 116 valence electrons. The van der Waals surface area contributed by atoms with Crippen molar-refractivity contribution in [3.63, 3.8) is 0 Å². The fourth-order valence-electron chi connectivity index (χ4n) is 2.32. The van der Waals surface area contributed by atoms with E-state index in [1.165, 1.54) is 0 Å². The van der Waals surface area contributed by atoms with E-state index in [0.29, 0.717) is 48.7 Å². The number of halogens is 1. The van der Waals surface area contributed by atoms with E-state index in [1.54, 1.807) is 25.3 Å². The lowest BCUT2D eigenvalue weighted by atomic mass is 10.1. The lowest BCUT2D eigenvalue weighted by Crippen LogP contribution is -2.51. The van der Waals surface area contributed by atoms with Gasteiger partial charge in [-0.15, -0.1) is 0 Å². The molecule has 0 radical (unpaired) electrons. The number of amides is 1. The molecule has 0 aromatic heterocycles. The van der Waals surface area contributed by atoms with E-state index < -0.39 is 0 Å². The van der Waals surface area contributed by atoms with Gasteiger partial charge < -0.3 is 19.7 Å². The fourth-order valence-corrected chi connectivity index (χ4v) is 2.49. The number of nitrogens with zero attached hydrogens (tertiary/aromatic N) is 1. The summed E-state index contributed by atoms with van der Waals surface area (Å²) in [6.45, 7) is 5.11. The molecule has 1 aromatic carbocycles. The Bertz CT molecular complexity index is 496. The van der Waals surface area contributed by atoms with Crippen molar-refractivity contribution in [2.75, 3.05) is 40.0 Å². The van der Waals surface area contributed by atoms with Crippen LogP contribution in [-0.2, 0) is 4.74 Å². The first-order valence-corrected chi connectivity index (χ1v) is 7.43. The molecule has 1 N–H and O–H groups in total. The van der Waals surface area contributed by atoms with Crippen LogP contribution in [0.3, 0.4) is 0 Å². The van der Waals surface area contributed by atoms with Gasteiger partial charge in [0.2, 0.25) is 0 Å². The summed E-state index contributed by atoms with van der Waals surface area (Å²) in [5.41, 5.74) is 0.507. The highest BCUT2D eigenvalue weighted by atomic mass is 35.5. The predicted molar refractivity (Wildman–Crippen MR) is 82.2 cm³/mol. The van der Waals surface area contributed by atoms with Crippen molar-refractivity contribution < 1.29 is 14.3 Å². The first-order chi connectivity index (χ1) is 10.1. The second kappa shape index (κ2) is 7.64. The van der Waals surface area contributed by atoms with Gasteiger partial charge in [-0.25, -0.2) is 0 Å². The maximum absolute atomic E-state index is 12.7. The Morgan fingerprint density at radius 2 is 2.29 bits per heavy atom. The van der Waals surface area contributed by atoms with E-state index in [9.17, 15) is 4.79 Å². The number of carbonyl (C=O) groups is 1. The third-order valence-electron chi connectivity index (χ3n) is 3.37. The van der Waals surface area contributed by atoms with Gasteiger partial charge in [-0.1, -0.05) is 11.6 Å². The minimum absolute atomic E-state index is 0.0433. The molecular formula is C15H21ClN2O3. The van der Waals surface area contributed by atoms with Crippen LogP contribution in [-0.4, -0.2) is 56.8 Å². The number of hydrogen-bond acceptors (Lipinski definition) is 4. The Kier molecular flexibility index (Phi) is 5.85. The third-order valence-corrected chi connectivity index (χ3v) is 3.61. The summed E-state index contributed by atoms with van der Waals surface area (Å²) in [4.78, 5) is 14.5. The van der Waals surface area contributed by atoms with Crippen LogP contribution >= 0.6 is 11.6 Å². The summed E-state index contributed by atoms with van der Waals surface area (Å²) < 4.78 is 10.6. The normalized spacial score (nSPS) is 18.6. The molecule has 0 unspecified atom stereocenters. The molecule has 1 aliphatic rings. The second-order valence-corrected chi connectivity index (χ2v) is 5.52. The fraction of sp³-hybridized carbons (Fsp3) is 0.533. The van der Waals surface area contributed by atoms with Gasteiger partial charge in [-0.05, 0) is 25.1 Å². The Hall–Kier alpha value is -1.30. The highest BCUT2D eigenvalue weighted by Crippen LogP contribution is 2.25. The van der Waals surface area contributed by atoms with Gasteiger partial charge in [0.25, 0.3) is 5.91 Å². The number of benzene rings is 1. The number of nitrogens with one attached hydrogen (secondary N) is 1. The maximum atomic E-state index is 12.7. The molecule has 5 nitrogen and oxygen atoms in total. The molecule has 2 rings (SSSR count). The Morgan fingerprint density at radius 3 is 3.00 bits per heavy atom. The first-order valence-electron chi connectivity index (χ1n) is 7.05. The molecule has 0 aliphatic carbocycles. The van der Waals surface area contributed by atoms with Crippen molar-refractivity contribution in [2.24, 2.45) is 0 Å². The largest absolute Gasteiger partial charge is 0.490 e. The predicted octanol–water partition coefficient (Wildman–Crippen LogP) is 1.80. The summed E-state index contributed by atoms with van der Waals surface area (Å²) in [5, 5.41) is 3.85. The van der Waals surface area contributed by atoms with Crippen molar-refractivity contribution in [1.29, 1.82) is 0 Å². The third kappa shape index (κ3) is 4.33.